The standard InChI is InChI=1S/C22H15N3.C12H10N.Ir/c1-23-11-12-24(14-23)15-9-10-21-19(13-15)18-7-4-6-17-16-5-2-3-8-20(16)25(21)22(17)18;1-10-7-8-12(13-9-10)11-5-3-2-4-6-11;/h2-8,10-14H,1H3;2-5,7-9H,1H3;/q-2;-1;+3. The first-order valence-electron chi connectivity index (χ1n) is 12.7. The zero-order valence-corrected chi connectivity index (χ0v) is 24.0. The molecule has 7 aromatic rings. The van der Waals surface area contributed by atoms with E-state index in [1.807, 2.05) is 61.6 Å². The Balaban J connectivity index is 0.000000169. The molecule has 1 aliphatic heterocycles. The van der Waals surface area contributed by atoms with Crippen molar-refractivity contribution in [3.05, 3.63) is 134 Å². The molecule has 5 heteroatoms. The molecule has 8 rings (SSSR count). The van der Waals surface area contributed by atoms with Gasteiger partial charge in [0.15, 0.2) is 0 Å². The molecule has 190 valence electrons. The van der Waals surface area contributed by atoms with E-state index in [2.05, 4.69) is 99.9 Å². The van der Waals surface area contributed by atoms with Crippen LogP contribution >= 0.6 is 0 Å². The minimum atomic E-state index is 0. The van der Waals surface area contributed by atoms with Crippen LogP contribution in [0.1, 0.15) is 5.56 Å². The summed E-state index contributed by atoms with van der Waals surface area (Å²) in [6, 6.07) is 38.1. The van der Waals surface area contributed by atoms with Crippen molar-refractivity contribution in [3.63, 3.8) is 0 Å². The van der Waals surface area contributed by atoms with Gasteiger partial charge >= 0.3 is 20.1 Å². The molecular weight excluding hydrogens is 657 g/mol. The van der Waals surface area contributed by atoms with Crippen LogP contribution in [0.2, 0.25) is 0 Å². The molecule has 0 saturated heterocycles. The van der Waals surface area contributed by atoms with Crippen molar-refractivity contribution in [1.82, 2.24) is 14.3 Å². The molecule has 0 fully saturated rings. The summed E-state index contributed by atoms with van der Waals surface area (Å²) in [5.74, 6) is 0. The van der Waals surface area contributed by atoms with Gasteiger partial charge in [-0.3, -0.25) is 0 Å². The molecular formula is C34H25IrN4. The number of hydrogen-bond donors (Lipinski definition) is 0. The Bertz CT molecular complexity index is 1920. The second kappa shape index (κ2) is 10.2. The van der Waals surface area contributed by atoms with Crippen molar-refractivity contribution in [2.45, 2.75) is 6.92 Å². The van der Waals surface area contributed by atoms with Crippen LogP contribution < -0.4 is 4.90 Å². The molecule has 39 heavy (non-hydrogen) atoms. The predicted octanol–water partition coefficient (Wildman–Crippen LogP) is 7.83. The molecule has 0 spiro atoms. The van der Waals surface area contributed by atoms with Crippen LogP contribution in [0, 0.1) is 25.7 Å². The maximum atomic E-state index is 4.32. The van der Waals surface area contributed by atoms with Gasteiger partial charge in [0.1, 0.15) is 0 Å². The fourth-order valence-corrected chi connectivity index (χ4v) is 5.28. The van der Waals surface area contributed by atoms with Crippen molar-refractivity contribution in [2.24, 2.45) is 0 Å². The van der Waals surface area contributed by atoms with Crippen LogP contribution in [0.15, 0.2) is 110 Å². The molecule has 0 aliphatic carbocycles. The van der Waals surface area contributed by atoms with Crippen LogP contribution in [-0.2, 0) is 20.1 Å². The summed E-state index contributed by atoms with van der Waals surface area (Å²) in [5.41, 5.74) is 8.05. The molecule has 3 aromatic heterocycles. The molecule has 4 nitrogen and oxygen atoms in total. The molecule has 0 radical (unpaired) electrons. The molecule has 0 bridgehead atoms. The van der Waals surface area contributed by atoms with E-state index in [0.29, 0.717) is 0 Å². The zero-order valence-electron chi connectivity index (χ0n) is 21.6. The summed E-state index contributed by atoms with van der Waals surface area (Å²) in [5, 5.41) is 5.21. The first-order valence-corrected chi connectivity index (χ1v) is 12.7. The third-order valence-electron chi connectivity index (χ3n) is 7.08. The minimum absolute atomic E-state index is 0. The maximum Gasteiger partial charge on any atom is 3.00 e. The monoisotopic (exact) mass is 682 g/mol. The number of fused-ring (bicyclic) bond motifs is 6. The topological polar surface area (TPSA) is 23.8 Å². The van der Waals surface area contributed by atoms with Gasteiger partial charge in [-0.15, -0.1) is 53.0 Å². The van der Waals surface area contributed by atoms with Gasteiger partial charge in [0.25, 0.3) is 0 Å². The summed E-state index contributed by atoms with van der Waals surface area (Å²) in [6.45, 7) is 4.09. The van der Waals surface area contributed by atoms with Crippen molar-refractivity contribution in [1.29, 1.82) is 0 Å². The summed E-state index contributed by atoms with van der Waals surface area (Å²) in [6.07, 6.45) is 5.97. The fraction of sp³-hybridized carbons (Fsp3) is 0.0588. The summed E-state index contributed by atoms with van der Waals surface area (Å²) >= 11 is 0. The number of anilines is 1. The normalized spacial score (nSPS) is 12.9. The third-order valence-corrected chi connectivity index (χ3v) is 7.08. The number of nitrogens with zero attached hydrogens (tertiary/aromatic N) is 4. The molecule has 0 atom stereocenters. The van der Waals surface area contributed by atoms with Crippen LogP contribution in [0.5, 0.6) is 0 Å². The average Bonchev–Trinajstić information content (AvgIpc) is 3.65. The largest absolute Gasteiger partial charge is 3.00 e. The average molecular weight is 682 g/mol. The number of aryl methyl sites for hydroxylation is 1. The van der Waals surface area contributed by atoms with E-state index in [4.69, 9.17) is 0 Å². The SMILES string of the molecule is CN1C=CN(c2[c-]cc3c(c2)c2cccc4c5ccccc5n3c24)[CH-]1.Cc1ccc(-c2[c-]cccc2)nc1.[Ir+3]. The summed E-state index contributed by atoms with van der Waals surface area (Å²) in [4.78, 5) is 8.46. The van der Waals surface area contributed by atoms with E-state index in [1.165, 1.54) is 43.7 Å². The number of para-hydroxylation sites is 2. The molecule has 0 unspecified atom stereocenters. The van der Waals surface area contributed by atoms with Crippen LogP contribution in [0.4, 0.5) is 5.69 Å². The van der Waals surface area contributed by atoms with Gasteiger partial charge in [0, 0.05) is 28.0 Å². The second-order valence-electron chi connectivity index (χ2n) is 9.65. The third kappa shape index (κ3) is 4.34. The Labute approximate surface area is 241 Å². The second-order valence-corrected chi connectivity index (χ2v) is 9.65. The van der Waals surface area contributed by atoms with Crippen molar-refractivity contribution < 1.29 is 20.1 Å². The number of benzene rings is 4. The van der Waals surface area contributed by atoms with Gasteiger partial charge in [-0.25, -0.2) is 0 Å². The van der Waals surface area contributed by atoms with Gasteiger partial charge in [-0.1, -0.05) is 54.0 Å². The molecule has 4 heterocycles. The smallest absolute Gasteiger partial charge is 0.510 e. The van der Waals surface area contributed by atoms with E-state index in [-0.39, 0.29) is 20.1 Å². The molecule has 1 aliphatic rings. The van der Waals surface area contributed by atoms with Gasteiger partial charge < -0.3 is 19.2 Å². The molecule has 0 amide bonds. The quantitative estimate of drug-likeness (QED) is 0.174. The van der Waals surface area contributed by atoms with Crippen molar-refractivity contribution >= 4 is 43.8 Å². The van der Waals surface area contributed by atoms with Gasteiger partial charge in [-0.05, 0) is 49.1 Å². The Morgan fingerprint density at radius 1 is 0.769 bits per heavy atom. The van der Waals surface area contributed by atoms with Crippen LogP contribution in [0.25, 0.3) is 49.4 Å². The van der Waals surface area contributed by atoms with E-state index in [9.17, 15) is 0 Å². The van der Waals surface area contributed by atoms with E-state index in [1.54, 1.807) is 0 Å². The Kier molecular flexibility index (Phi) is 6.56. The maximum absolute atomic E-state index is 4.32. The van der Waals surface area contributed by atoms with E-state index >= 15 is 0 Å². The number of aromatic nitrogens is 2. The molecule has 4 aromatic carbocycles. The van der Waals surface area contributed by atoms with Crippen molar-refractivity contribution in [3.8, 4) is 11.3 Å². The Hall–Kier alpha value is -4.18. The molecule has 0 saturated carbocycles. The van der Waals surface area contributed by atoms with Gasteiger partial charge in [0.2, 0.25) is 0 Å². The number of hydrogen-bond acceptors (Lipinski definition) is 3. The van der Waals surface area contributed by atoms with Crippen LogP contribution in [0.3, 0.4) is 0 Å². The Morgan fingerprint density at radius 3 is 2.31 bits per heavy atom. The summed E-state index contributed by atoms with van der Waals surface area (Å²) < 4.78 is 2.38. The van der Waals surface area contributed by atoms with Crippen LogP contribution in [-0.4, -0.2) is 21.3 Å². The van der Waals surface area contributed by atoms with E-state index in [0.717, 1.165) is 16.9 Å². The Morgan fingerprint density at radius 2 is 1.56 bits per heavy atom. The summed E-state index contributed by atoms with van der Waals surface area (Å²) in [7, 11) is 2.03. The zero-order chi connectivity index (χ0) is 25.6. The first-order chi connectivity index (χ1) is 18.7. The van der Waals surface area contributed by atoms with Gasteiger partial charge in [0.05, 0.1) is 0 Å². The predicted molar refractivity (Wildman–Crippen MR) is 157 cm³/mol. The molecule has 0 N–H and O–H groups in total. The minimum Gasteiger partial charge on any atom is -0.510 e. The number of pyridine rings is 1. The van der Waals surface area contributed by atoms with Crippen molar-refractivity contribution in [2.75, 3.05) is 11.9 Å². The number of rotatable bonds is 2. The van der Waals surface area contributed by atoms with E-state index < -0.39 is 0 Å². The van der Waals surface area contributed by atoms with Gasteiger partial charge in [-0.2, -0.15) is 18.8 Å². The first kappa shape index (κ1) is 25.1. The fourth-order valence-electron chi connectivity index (χ4n) is 5.28.